The Hall–Kier alpha value is -1.65. The molecule has 4 heteroatoms. The molecule has 0 aliphatic rings. The van der Waals surface area contributed by atoms with Crippen LogP contribution in [0.3, 0.4) is 0 Å². The number of hydrogen-bond acceptors (Lipinski definition) is 3. The Kier molecular flexibility index (Phi) is 4.71. The summed E-state index contributed by atoms with van der Waals surface area (Å²) in [7, 11) is 2.01. The van der Waals surface area contributed by atoms with Crippen molar-refractivity contribution in [2.24, 2.45) is 12.9 Å². The van der Waals surface area contributed by atoms with Crippen LogP contribution in [0.25, 0.3) is 0 Å². The first kappa shape index (κ1) is 13.8. The monoisotopic (exact) mass is 258 g/mol. The van der Waals surface area contributed by atoms with Gasteiger partial charge in [0.05, 0.1) is 0 Å². The number of hydrogen-bond donors (Lipinski definition) is 2. The lowest BCUT2D eigenvalue weighted by Crippen LogP contribution is -2.37. The van der Waals surface area contributed by atoms with Crippen LogP contribution in [0.5, 0.6) is 0 Å². The first-order chi connectivity index (χ1) is 9.20. The van der Waals surface area contributed by atoms with E-state index in [-0.39, 0.29) is 6.04 Å². The molecule has 19 heavy (non-hydrogen) atoms. The molecular weight excluding hydrogens is 236 g/mol. The highest BCUT2D eigenvalue weighted by Crippen LogP contribution is 2.12. The number of imidazole rings is 1. The summed E-state index contributed by atoms with van der Waals surface area (Å²) in [6.07, 6.45) is 6.68. The van der Waals surface area contributed by atoms with Crippen LogP contribution in [0.2, 0.25) is 0 Å². The number of aryl methyl sites for hydroxylation is 3. The first-order valence-corrected chi connectivity index (χ1v) is 6.67. The van der Waals surface area contributed by atoms with E-state index in [4.69, 9.17) is 5.84 Å². The molecule has 3 N–H and O–H groups in total. The number of rotatable bonds is 6. The highest BCUT2D eigenvalue weighted by atomic mass is 15.2. The molecule has 0 saturated heterocycles. The molecule has 1 unspecified atom stereocenters. The predicted octanol–water partition coefficient (Wildman–Crippen LogP) is 1.74. The fourth-order valence-electron chi connectivity index (χ4n) is 2.28. The Morgan fingerprint density at radius 3 is 2.79 bits per heavy atom. The molecule has 1 heterocycles. The normalized spacial score (nSPS) is 12.6. The van der Waals surface area contributed by atoms with Gasteiger partial charge in [-0.05, 0) is 30.9 Å². The number of aromatic nitrogens is 2. The maximum atomic E-state index is 5.65. The topological polar surface area (TPSA) is 55.9 Å². The molecule has 0 amide bonds. The molecule has 0 saturated carbocycles. The molecule has 0 fully saturated rings. The average molecular weight is 258 g/mol. The number of nitrogens with one attached hydrogen (secondary N) is 1. The van der Waals surface area contributed by atoms with Crippen molar-refractivity contribution in [1.82, 2.24) is 15.0 Å². The highest BCUT2D eigenvalue weighted by Gasteiger charge is 2.11. The van der Waals surface area contributed by atoms with Gasteiger partial charge in [0.2, 0.25) is 0 Å². The molecule has 2 aromatic rings. The van der Waals surface area contributed by atoms with Crippen LogP contribution in [0, 0.1) is 6.92 Å². The second kappa shape index (κ2) is 6.50. The number of nitrogens with zero attached hydrogens (tertiary/aromatic N) is 2. The third-order valence-corrected chi connectivity index (χ3v) is 3.61. The van der Waals surface area contributed by atoms with Crippen LogP contribution in [0.4, 0.5) is 0 Å². The van der Waals surface area contributed by atoms with Crippen molar-refractivity contribution in [3.8, 4) is 0 Å². The van der Waals surface area contributed by atoms with Gasteiger partial charge in [-0.25, -0.2) is 4.98 Å². The molecule has 1 aromatic heterocycles. The van der Waals surface area contributed by atoms with Gasteiger partial charge in [0.1, 0.15) is 5.82 Å². The molecule has 1 atom stereocenters. The second-order valence-electron chi connectivity index (χ2n) is 4.99. The van der Waals surface area contributed by atoms with Crippen LogP contribution in [-0.2, 0) is 19.9 Å². The third kappa shape index (κ3) is 3.66. The minimum atomic E-state index is 0.251. The minimum Gasteiger partial charge on any atom is -0.338 e. The van der Waals surface area contributed by atoms with Gasteiger partial charge < -0.3 is 4.57 Å². The summed E-state index contributed by atoms with van der Waals surface area (Å²) in [6, 6.07) is 8.75. The number of benzene rings is 1. The van der Waals surface area contributed by atoms with Crippen LogP contribution in [-0.4, -0.2) is 15.6 Å². The van der Waals surface area contributed by atoms with E-state index in [0.29, 0.717) is 0 Å². The van der Waals surface area contributed by atoms with E-state index in [1.165, 1.54) is 11.1 Å². The molecule has 0 bridgehead atoms. The van der Waals surface area contributed by atoms with Gasteiger partial charge in [-0.15, -0.1) is 0 Å². The zero-order chi connectivity index (χ0) is 13.7. The van der Waals surface area contributed by atoms with Crippen molar-refractivity contribution in [2.45, 2.75) is 32.2 Å². The zero-order valence-electron chi connectivity index (χ0n) is 11.6. The van der Waals surface area contributed by atoms with Crippen LogP contribution < -0.4 is 11.3 Å². The number of nitrogens with two attached hydrogens (primary N) is 1. The average Bonchev–Trinajstić information content (AvgIpc) is 2.81. The predicted molar refractivity (Wildman–Crippen MR) is 77.5 cm³/mol. The largest absolute Gasteiger partial charge is 0.338 e. The summed E-state index contributed by atoms with van der Waals surface area (Å²) in [4.78, 5) is 4.34. The van der Waals surface area contributed by atoms with Crippen LogP contribution in [0.1, 0.15) is 23.4 Å². The summed E-state index contributed by atoms with van der Waals surface area (Å²) in [5.41, 5.74) is 5.64. The van der Waals surface area contributed by atoms with Crippen molar-refractivity contribution in [3.05, 3.63) is 53.6 Å². The number of hydrazine groups is 1. The fourth-order valence-corrected chi connectivity index (χ4v) is 2.28. The van der Waals surface area contributed by atoms with Crippen LogP contribution in [0.15, 0.2) is 36.7 Å². The van der Waals surface area contributed by atoms with Gasteiger partial charge in [-0.1, -0.05) is 24.3 Å². The Morgan fingerprint density at radius 2 is 2.16 bits per heavy atom. The molecular formula is C15H22N4. The molecule has 4 nitrogen and oxygen atoms in total. The SMILES string of the molecule is Cc1ccccc1CCC(Cc1nccn1C)NN. The fraction of sp³-hybridized carbons (Fsp3) is 0.400. The summed E-state index contributed by atoms with van der Waals surface area (Å²) >= 11 is 0. The molecule has 0 radical (unpaired) electrons. The van der Waals surface area contributed by atoms with E-state index in [2.05, 4.69) is 41.6 Å². The zero-order valence-corrected chi connectivity index (χ0v) is 11.6. The lowest BCUT2D eigenvalue weighted by molar-refractivity contribution is 0.476. The molecule has 0 spiro atoms. The summed E-state index contributed by atoms with van der Waals surface area (Å²) in [5, 5.41) is 0. The van der Waals surface area contributed by atoms with Gasteiger partial charge in [0.15, 0.2) is 0 Å². The molecule has 102 valence electrons. The maximum Gasteiger partial charge on any atom is 0.109 e. The van der Waals surface area contributed by atoms with E-state index >= 15 is 0 Å². The van der Waals surface area contributed by atoms with E-state index in [9.17, 15) is 0 Å². The third-order valence-electron chi connectivity index (χ3n) is 3.61. The Bertz CT molecular complexity index is 518. The maximum absolute atomic E-state index is 5.65. The van der Waals surface area contributed by atoms with Crippen molar-refractivity contribution >= 4 is 0 Å². The Balaban J connectivity index is 1.93. The second-order valence-corrected chi connectivity index (χ2v) is 4.99. The Morgan fingerprint density at radius 1 is 1.37 bits per heavy atom. The standard InChI is InChI=1S/C15H22N4/c1-12-5-3-4-6-13(12)7-8-14(18-16)11-15-17-9-10-19(15)2/h3-6,9-10,14,18H,7-8,11,16H2,1-2H3. The van der Waals surface area contributed by atoms with Gasteiger partial charge >= 0.3 is 0 Å². The van der Waals surface area contributed by atoms with Crippen molar-refractivity contribution in [1.29, 1.82) is 0 Å². The first-order valence-electron chi connectivity index (χ1n) is 6.67. The van der Waals surface area contributed by atoms with Crippen LogP contribution >= 0.6 is 0 Å². The van der Waals surface area contributed by atoms with E-state index in [0.717, 1.165) is 25.1 Å². The summed E-state index contributed by atoms with van der Waals surface area (Å²) in [6.45, 7) is 2.15. The summed E-state index contributed by atoms with van der Waals surface area (Å²) < 4.78 is 2.04. The molecule has 2 rings (SSSR count). The lowest BCUT2D eigenvalue weighted by atomic mass is 10.00. The highest BCUT2D eigenvalue weighted by molar-refractivity contribution is 5.25. The quantitative estimate of drug-likeness (QED) is 0.613. The molecule has 0 aliphatic carbocycles. The van der Waals surface area contributed by atoms with Crippen molar-refractivity contribution in [2.75, 3.05) is 0 Å². The molecule has 0 aliphatic heterocycles. The molecule has 1 aromatic carbocycles. The van der Waals surface area contributed by atoms with E-state index in [1.54, 1.807) is 0 Å². The minimum absolute atomic E-state index is 0.251. The van der Waals surface area contributed by atoms with Gasteiger partial charge in [-0.3, -0.25) is 11.3 Å². The summed E-state index contributed by atoms with van der Waals surface area (Å²) in [5.74, 6) is 6.72. The van der Waals surface area contributed by atoms with E-state index in [1.807, 2.05) is 24.0 Å². The van der Waals surface area contributed by atoms with Crippen molar-refractivity contribution < 1.29 is 0 Å². The van der Waals surface area contributed by atoms with Gasteiger partial charge in [0, 0.05) is 31.9 Å². The van der Waals surface area contributed by atoms with Gasteiger partial charge in [-0.2, -0.15) is 0 Å². The van der Waals surface area contributed by atoms with Crippen molar-refractivity contribution in [3.63, 3.8) is 0 Å². The smallest absolute Gasteiger partial charge is 0.109 e. The van der Waals surface area contributed by atoms with Gasteiger partial charge in [0.25, 0.3) is 0 Å². The Labute approximate surface area is 114 Å². The lowest BCUT2D eigenvalue weighted by Gasteiger charge is -2.16. The van der Waals surface area contributed by atoms with E-state index < -0.39 is 0 Å².